The summed E-state index contributed by atoms with van der Waals surface area (Å²) in [6.45, 7) is 1.64. The van der Waals surface area contributed by atoms with Crippen LogP contribution < -0.4 is 10.5 Å². The van der Waals surface area contributed by atoms with Crippen molar-refractivity contribution in [1.82, 2.24) is 0 Å². The van der Waals surface area contributed by atoms with Crippen molar-refractivity contribution in [1.29, 1.82) is 0 Å². The second-order valence-electron chi connectivity index (χ2n) is 6.89. The van der Waals surface area contributed by atoms with E-state index >= 15 is 0 Å². The van der Waals surface area contributed by atoms with Crippen molar-refractivity contribution < 1.29 is 23.1 Å². The van der Waals surface area contributed by atoms with Crippen molar-refractivity contribution >= 4 is 21.5 Å². The summed E-state index contributed by atoms with van der Waals surface area (Å²) in [4.78, 5) is 11.8. The third-order valence-electron chi connectivity index (χ3n) is 5.10. The fourth-order valence-electron chi connectivity index (χ4n) is 3.45. The maximum absolute atomic E-state index is 13.6. The minimum atomic E-state index is -4.30. The number of nitrogens with two attached hydrogens (primary N) is 1. The number of ether oxygens (including phenoxy) is 1. The van der Waals surface area contributed by atoms with Gasteiger partial charge in [0.25, 0.3) is 0 Å². The van der Waals surface area contributed by atoms with Crippen LogP contribution in [0.1, 0.15) is 32.6 Å². The maximum Gasteiger partial charge on any atom is 0.337 e. The first kappa shape index (κ1) is 21.9. The number of benzene rings is 3. The van der Waals surface area contributed by atoms with Crippen LogP contribution in [0.25, 0.3) is 0 Å². The van der Waals surface area contributed by atoms with Crippen LogP contribution in [0.15, 0.2) is 64.4 Å². The summed E-state index contributed by atoms with van der Waals surface area (Å²) in [6, 6.07) is 14.8. The molecule has 0 heterocycles. The summed E-state index contributed by atoms with van der Waals surface area (Å²) in [5, 5.41) is 10.1. The lowest BCUT2D eigenvalue weighted by Gasteiger charge is -2.20. The molecular weight excluding hydrogens is 414 g/mol. The molecule has 31 heavy (non-hydrogen) atoms. The van der Waals surface area contributed by atoms with Gasteiger partial charge in [0.1, 0.15) is 10.6 Å². The molecule has 0 bridgehead atoms. The van der Waals surface area contributed by atoms with Crippen molar-refractivity contribution in [2.45, 2.75) is 23.1 Å². The number of hydrogen-bond donors (Lipinski definition) is 2. The number of methoxy groups -OCH3 is 1. The molecule has 3 aromatic carbocycles. The molecule has 0 aliphatic rings. The molecule has 158 valence electrons. The number of anilines is 1. The summed E-state index contributed by atoms with van der Waals surface area (Å²) in [7, 11) is -2.84. The summed E-state index contributed by atoms with van der Waals surface area (Å²) in [5.74, 6) is 1.37. The van der Waals surface area contributed by atoms with Crippen LogP contribution in [-0.4, -0.2) is 26.6 Å². The van der Waals surface area contributed by atoms with Crippen molar-refractivity contribution in [3.8, 4) is 18.1 Å². The van der Waals surface area contributed by atoms with E-state index in [1.54, 1.807) is 6.92 Å². The van der Waals surface area contributed by atoms with Gasteiger partial charge in [-0.3, -0.25) is 0 Å². The SMILES string of the molecule is C#Cc1c(N)c(C)c(Cc2ccccc2)c(C(=O)O)c1S(=O)(=O)c1ccc(OC)cc1. The molecule has 3 aromatic rings. The third-order valence-corrected chi connectivity index (χ3v) is 6.94. The second-order valence-corrected chi connectivity index (χ2v) is 8.77. The lowest BCUT2D eigenvalue weighted by atomic mass is 9.91. The lowest BCUT2D eigenvalue weighted by Crippen LogP contribution is -2.18. The Morgan fingerprint density at radius 3 is 2.26 bits per heavy atom. The fraction of sp³-hybridized carbons (Fsp3) is 0.125. The lowest BCUT2D eigenvalue weighted by molar-refractivity contribution is 0.0691. The molecule has 6 nitrogen and oxygen atoms in total. The van der Waals surface area contributed by atoms with E-state index in [4.69, 9.17) is 16.9 Å². The Morgan fingerprint density at radius 2 is 1.74 bits per heavy atom. The highest BCUT2D eigenvalue weighted by Gasteiger charge is 2.33. The van der Waals surface area contributed by atoms with Gasteiger partial charge in [0.05, 0.1) is 28.8 Å². The van der Waals surface area contributed by atoms with E-state index in [2.05, 4.69) is 5.92 Å². The molecule has 3 N–H and O–H groups in total. The first-order valence-electron chi connectivity index (χ1n) is 9.30. The van der Waals surface area contributed by atoms with Crippen LogP contribution in [0.4, 0.5) is 5.69 Å². The number of hydrogen-bond acceptors (Lipinski definition) is 5. The Kier molecular flexibility index (Phi) is 6.04. The predicted octanol–water partition coefficient (Wildman–Crippen LogP) is 3.69. The number of carboxylic acids is 1. The molecule has 0 aliphatic carbocycles. The Hall–Kier alpha value is -3.76. The van der Waals surface area contributed by atoms with E-state index in [0.717, 1.165) is 5.56 Å². The molecule has 0 fully saturated rings. The highest BCUT2D eigenvalue weighted by Crippen LogP contribution is 2.37. The molecule has 0 aliphatic heterocycles. The first-order valence-corrected chi connectivity index (χ1v) is 10.8. The van der Waals surface area contributed by atoms with Crippen molar-refractivity contribution in [3.63, 3.8) is 0 Å². The average Bonchev–Trinajstić information content (AvgIpc) is 2.77. The van der Waals surface area contributed by atoms with E-state index in [1.165, 1.54) is 31.4 Å². The molecule has 0 unspecified atom stereocenters. The minimum absolute atomic E-state index is 0.0746. The zero-order chi connectivity index (χ0) is 22.8. The molecule has 0 spiro atoms. The maximum atomic E-state index is 13.6. The van der Waals surface area contributed by atoms with E-state index < -0.39 is 20.7 Å². The molecule has 0 radical (unpaired) electrons. The summed E-state index contributed by atoms with van der Waals surface area (Å²) in [6.07, 6.45) is 5.79. The van der Waals surface area contributed by atoms with Gasteiger partial charge in [-0.25, -0.2) is 13.2 Å². The zero-order valence-corrected chi connectivity index (χ0v) is 17.9. The largest absolute Gasteiger partial charge is 0.497 e. The van der Waals surface area contributed by atoms with Crippen LogP contribution in [0.5, 0.6) is 5.75 Å². The number of carbonyl (C=O) groups is 1. The second kappa shape index (κ2) is 8.54. The molecule has 0 aromatic heterocycles. The third kappa shape index (κ3) is 3.98. The van der Waals surface area contributed by atoms with Crippen molar-refractivity contribution in [3.05, 3.63) is 82.4 Å². The van der Waals surface area contributed by atoms with Gasteiger partial charge < -0.3 is 15.6 Å². The number of sulfone groups is 1. The monoisotopic (exact) mass is 435 g/mol. The van der Waals surface area contributed by atoms with Gasteiger partial charge in [0.2, 0.25) is 9.84 Å². The van der Waals surface area contributed by atoms with E-state index in [9.17, 15) is 18.3 Å². The zero-order valence-electron chi connectivity index (χ0n) is 17.0. The number of terminal acetylenes is 1. The van der Waals surface area contributed by atoms with Crippen LogP contribution >= 0.6 is 0 Å². The van der Waals surface area contributed by atoms with Crippen LogP contribution in [0, 0.1) is 19.3 Å². The Balaban J connectivity index is 2.37. The summed E-state index contributed by atoms with van der Waals surface area (Å²) >= 11 is 0. The quantitative estimate of drug-likeness (QED) is 0.452. The topological polar surface area (TPSA) is 107 Å². The molecule has 0 atom stereocenters. The van der Waals surface area contributed by atoms with Gasteiger partial charge in [-0.15, -0.1) is 6.42 Å². The van der Waals surface area contributed by atoms with Crippen LogP contribution in [-0.2, 0) is 16.3 Å². The number of aromatic carboxylic acids is 1. The van der Waals surface area contributed by atoms with E-state index in [0.29, 0.717) is 16.9 Å². The number of carboxylic acid groups (broad SMARTS) is 1. The van der Waals surface area contributed by atoms with Crippen molar-refractivity contribution in [2.24, 2.45) is 0 Å². The summed E-state index contributed by atoms with van der Waals surface area (Å²) < 4.78 is 32.2. The van der Waals surface area contributed by atoms with Gasteiger partial charge in [0.15, 0.2) is 0 Å². The normalized spacial score (nSPS) is 11.0. The highest BCUT2D eigenvalue weighted by atomic mass is 32.2. The molecule has 7 heteroatoms. The molecule has 0 saturated heterocycles. The Labute approximate surface area is 181 Å². The Morgan fingerprint density at radius 1 is 1.13 bits per heavy atom. The summed E-state index contributed by atoms with van der Waals surface area (Å²) in [5.41, 5.74) is 7.35. The predicted molar refractivity (Wildman–Crippen MR) is 118 cm³/mol. The molecule has 3 rings (SSSR count). The smallest absolute Gasteiger partial charge is 0.337 e. The van der Waals surface area contributed by atoms with E-state index in [1.807, 2.05) is 30.3 Å². The molecular formula is C24H21NO5S. The average molecular weight is 436 g/mol. The molecule has 0 amide bonds. The van der Waals surface area contributed by atoms with Crippen LogP contribution in [0.2, 0.25) is 0 Å². The number of rotatable bonds is 6. The van der Waals surface area contributed by atoms with Gasteiger partial charge >= 0.3 is 5.97 Å². The standard InChI is InChI=1S/C24H21NO5S/c1-4-19-22(25)15(2)20(14-16-8-6-5-7-9-16)21(24(26)27)23(19)31(28,29)18-12-10-17(30-3)11-13-18/h1,5-13H,14,25H2,2-3H3,(H,26,27). The first-order chi connectivity index (χ1) is 14.7. The number of nitrogen functional groups attached to an aromatic ring is 1. The minimum Gasteiger partial charge on any atom is -0.497 e. The molecule has 0 saturated carbocycles. The van der Waals surface area contributed by atoms with Gasteiger partial charge in [-0.1, -0.05) is 36.3 Å². The van der Waals surface area contributed by atoms with Gasteiger partial charge in [-0.2, -0.15) is 0 Å². The fourth-order valence-corrected chi connectivity index (χ4v) is 5.10. The van der Waals surface area contributed by atoms with Gasteiger partial charge in [0, 0.05) is 0 Å². The van der Waals surface area contributed by atoms with E-state index in [-0.39, 0.29) is 28.1 Å². The van der Waals surface area contributed by atoms with Gasteiger partial charge in [-0.05, 0) is 54.3 Å². The van der Waals surface area contributed by atoms with Crippen molar-refractivity contribution in [2.75, 3.05) is 12.8 Å². The highest BCUT2D eigenvalue weighted by molar-refractivity contribution is 7.91. The Bertz CT molecular complexity index is 1290. The van der Waals surface area contributed by atoms with Crippen LogP contribution in [0.3, 0.4) is 0 Å².